The molecule has 1 saturated heterocycles. The van der Waals surface area contributed by atoms with E-state index in [-0.39, 0.29) is 18.4 Å². The van der Waals surface area contributed by atoms with Gasteiger partial charge in [-0.25, -0.2) is 0 Å². The molecule has 1 heterocycles. The fourth-order valence-electron chi connectivity index (χ4n) is 2.84. The third-order valence-electron chi connectivity index (χ3n) is 3.96. The van der Waals surface area contributed by atoms with Crippen LogP contribution in [0.25, 0.3) is 0 Å². The second-order valence-electron chi connectivity index (χ2n) is 5.37. The van der Waals surface area contributed by atoms with Crippen LogP contribution in [-0.4, -0.2) is 17.1 Å². The van der Waals surface area contributed by atoms with Crippen LogP contribution in [0.5, 0.6) is 0 Å². The Balaban J connectivity index is 2.02. The average Bonchev–Trinajstić information content (AvgIpc) is 2.90. The molecular weight excluding hydrogens is 290 g/mol. The number of amides is 1. The lowest BCUT2D eigenvalue weighted by molar-refractivity contribution is -0.124. The van der Waals surface area contributed by atoms with Crippen molar-refractivity contribution in [1.29, 1.82) is 10.5 Å². The van der Waals surface area contributed by atoms with Crippen molar-refractivity contribution in [1.82, 2.24) is 0 Å². The predicted octanol–water partition coefficient (Wildman–Crippen LogP) is 2.27. The van der Waals surface area contributed by atoms with E-state index in [1.807, 2.05) is 12.1 Å². The van der Waals surface area contributed by atoms with E-state index in [2.05, 4.69) is 6.07 Å². The molecule has 3 rings (SSSR count). The zero-order chi connectivity index (χ0) is 16.4. The molecule has 0 radical (unpaired) electrons. The van der Waals surface area contributed by atoms with E-state index in [0.29, 0.717) is 16.8 Å². The van der Waals surface area contributed by atoms with Crippen LogP contribution in [0.15, 0.2) is 48.5 Å². The van der Waals surface area contributed by atoms with E-state index >= 15 is 0 Å². The summed E-state index contributed by atoms with van der Waals surface area (Å²) in [4.78, 5) is 13.9. The molecule has 23 heavy (non-hydrogen) atoms. The number of anilines is 1. The minimum absolute atomic E-state index is 0.272. The molecule has 112 valence electrons. The molecule has 0 aromatic heterocycles. The lowest BCUT2D eigenvalue weighted by Gasteiger charge is -2.25. The van der Waals surface area contributed by atoms with E-state index in [4.69, 9.17) is 10.5 Å². The Labute approximate surface area is 133 Å². The molecule has 2 aromatic rings. The molecular formula is C18H13N3O2. The molecule has 1 N–H and O–H groups in total. The van der Waals surface area contributed by atoms with Gasteiger partial charge in [0, 0.05) is 12.1 Å². The predicted molar refractivity (Wildman–Crippen MR) is 83.2 cm³/mol. The summed E-state index contributed by atoms with van der Waals surface area (Å²) >= 11 is 0. The Hall–Kier alpha value is -3.15. The van der Waals surface area contributed by atoms with Gasteiger partial charge in [0.05, 0.1) is 29.3 Å². The van der Waals surface area contributed by atoms with Crippen LogP contribution in [-0.2, 0) is 4.79 Å². The first-order valence-corrected chi connectivity index (χ1v) is 7.15. The molecule has 0 spiro atoms. The molecule has 2 atom stereocenters. The molecule has 0 unspecified atom stereocenters. The topological polar surface area (TPSA) is 88.1 Å². The Morgan fingerprint density at radius 3 is 2.39 bits per heavy atom. The molecule has 2 aromatic carbocycles. The fourth-order valence-corrected chi connectivity index (χ4v) is 2.84. The number of carbonyl (C=O) groups is 1. The number of aliphatic hydroxyl groups excluding tert-OH is 1. The minimum Gasteiger partial charge on any atom is -0.383 e. The van der Waals surface area contributed by atoms with E-state index in [1.54, 1.807) is 42.5 Å². The highest BCUT2D eigenvalue weighted by Gasteiger charge is 2.40. The van der Waals surface area contributed by atoms with Crippen molar-refractivity contribution in [3.63, 3.8) is 0 Å². The number of rotatable bonds is 2. The van der Waals surface area contributed by atoms with Crippen molar-refractivity contribution in [3.05, 3.63) is 65.2 Å². The number of nitriles is 2. The Morgan fingerprint density at radius 2 is 1.74 bits per heavy atom. The third-order valence-corrected chi connectivity index (χ3v) is 3.96. The highest BCUT2D eigenvalue weighted by molar-refractivity contribution is 5.99. The van der Waals surface area contributed by atoms with Crippen LogP contribution in [0.1, 0.15) is 29.2 Å². The molecule has 1 fully saturated rings. The first-order valence-electron chi connectivity index (χ1n) is 7.15. The van der Waals surface area contributed by atoms with Gasteiger partial charge in [0.2, 0.25) is 0 Å². The van der Waals surface area contributed by atoms with Gasteiger partial charge in [0.1, 0.15) is 6.10 Å². The number of benzene rings is 2. The van der Waals surface area contributed by atoms with Gasteiger partial charge in [-0.05, 0) is 42.0 Å². The maximum atomic E-state index is 12.3. The van der Waals surface area contributed by atoms with Crippen LogP contribution in [0.2, 0.25) is 0 Å². The van der Waals surface area contributed by atoms with Crippen molar-refractivity contribution >= 4 is 11.6 Å². The number of hydrogen-bond acceptors (Lipinski definition) is 4. The summed E-state index contributed by atoms with van der Waals surface area (Å²) < 4.78 is 0. The maximum absolute atomic E-state index is 12.3. The highest BCUT2D eigenvalue weighted by atomic mass is 16.3. The molecule has 0 bridgehead atoms. The number of carbonyl (C=O) groups excluding carboxylic acids is 1. The molecule has 5 nitrogen and oxygen atoms in total. The van der Waals surface area contributed by atoms with E-state index in [1.165, 1.54) is 4.90 Å². The van der Waals surface area contributed by atoms with Crippen molar-refractivity contribution in [3.8, 4) is 12.1 Å². The second kappa shape index (κ2) is 5.92. The second-order valence-corrected chi connectivity index (χ2v) is 5.37. The molecule has 0 saturated carbocycles. The number of nitrogens with zero attached hydrogens (tertiary/aromatic N) is 3. The van der Waals surface area contributed by atoms with Crippen LogP contribution in [0, 0.1) is 22.7 Å². The minimum atomic E-state index is -1.07. The van der Waals surface area contributed by atoms with Crippen molar-refractivity contribution in [2.75, 3.05) is 4.90 Å². The first-order chi connectivity index (χ1) is 11.1. The van der Waals surface area contributed by atoms with E-state index < -0.39 is 6.10 Å². The summed E-state index contributed by atoms with van der Waals surface area (Å²) in [5, 5.41) is 27.9. The summed E-state index contributed by atoms with van der Waals surface area (Å²) in [6.45, 7) is 0. The zero-order valence-corrected chi connectivity index (χ0v) is 12.2. The van der Waals surface area contributed by atoms with Gasteiger partial charge in [-0.3, -0.25) is 4.79 Å². The Bertz CT molecular complexity index is 831. The van der Waals surface area contributed by atoms with Crippen molar-refractivity contribution in [2.24, 2.45) is 0 Å². The lowest BCUT2D eigenvalue weighted by atomic mass is 10.0. The average molecular weight is 303 g/mol. The summed E-state index contributed by atoms with van der Waals surface area (Å²) in [5.41, 5.74) is 2.44. The number of aliphatic hydroxyl groups is 1. The Kier molecular flexibility index (Phi) is 3.80. The molecule has 5 heteroatoms. The first kappa shape index (κ1) is 14.8. The SMILES string of the molecule is N#Cc1ccc(N2C(=O)[C@@H](O)C[C@@H]2c2cccc(C#N)c2)cc1. The standard InChI is InChI=1S/C18H13N3O2/c19-10-12-4-6-15(7-5-12)21-16(9-17(22)18(21)23)14-3-1-2-13(8-14)11-20/h1-8,16-17,22H,9H2/t16-,17+/m1/s1. The zero-order valence-electron chi connectivity index (χ0n) is 12.2. The van der Waals surface area contributed by atoms with E-state index in [0.717, 1.165) is 5.56 Å². The van der Waals surface area contributed by atoms with E-state index in [9.17, 15) is 9.90 Å². The van der Waals surface area contributed by atoms with Gasteiger partial charge in [0.15, 0.2) is 0 Å². The smallest absolute Gasteiger partial charge is 0.256 e. The normalized spacial score (nSPS) is 20.1. The quantitative estimate of drug-likeness (QED) is 0.921. The monoisotopic (exact) mass is 303 g/mol. The number of hydrogen-bond donors (Lipinski definition) is 1. The van der Waals surface area contributed by atoms with Gasteiger partial charge in [-0.1, -0.05) is 12.1 Å². The summed E-state index contributed by atoms with van der Waals surface area (Å²) in [6.07, 6.45) is -0.797. The molecule has 1 aliphatic heterocycles. The van der Waals surface area contributed by atoms with Gasteiger partial charge in [-0.2, -0.15) is 10.5 Å². The fraction of sp³-hybridized carbons (Fsp3) is 0.167. The molecule has 1 amide bonds. The Morgan fingerprint density at radius 1 is 1.04 bits per heavy atom. The summed E-state index contributed by atoms with van der Waals surface area (Å²) in [7, 11) is 0. The van der Waals surface area contributed by atoms with Gasteiger partial charge < -0.3 is 10.0 Å². The van der Waals surface area contributed by atoms with Crippen LogP contribution in [0.3, 0.4) is 0 Å². The van der Waals surface area contributed by atoms with Crippen LogP contribution in [0.4, 0.5) is 5.69 Å². The third kappa shape index (κ3) is 2.66. The largest absolute Gasteiger partial charge is 0.383 e. The lowest BCUT2D eigenvalue weighted by Crippen LogP contribution is -2.30. The van der Waals surface area contributed by atoms with Gasteiger partial charge in [-0.15, -0.1) is 0 Å². The van der Waals surface area contributed by atoms with Crippen molar-refractivity contribution < 1.29 is 9.90 Å². The summed E-state index contributed by atoms with van der Waals surface area (Å²) in [6, 6.07) is 17.5. The maximum Gasteiger partial charge on any atom is 0.256 e. The van der Waals surface area contributed by atoms with Crippen LogP contribution < -0.4 is 4.90 Å². The van der Waals surface area contributed by atoms with Gasteiger partial charge in [0.25, 0.3) is 5.91 Å². The molecule has 1 aliphatic rings. The molecule has 0 aliphatic carbocycles. The van der Waals surface area contributed by atoms with Crippen molar-refractivity contribution in [2.45, 2.75) is 18.6 Å². The van der Waals surface area contributed by atoms with Gasteiger partial charge >= 0.3 is 0 Å². The summed E-state index contributed by atoms with van der Waals surface area (Å²) in [5.74, 6) is -0.373. The highest BCUT2D eigenvalue weighted by Crippen LogP contribution is 2.37. The van der Waals surface area contributed by atoms with Crippen LogP contribution >= 0.6 is 0 Å².